The van der Waals surface area contributed by atoms with Crippen molar-refractivity contribution in [2.24, 2.45) is 0 Å². The number of nitrogens with one attached hydrogen (secondary N) is 1. The molecule has 6 nitrogen and oxygen atoms in total. The van der Waals surface area contributed by atoms with Crippen molar-refractivity contribution in [1.29, 1.82) is 0 Å². The number of aromatic nitrogens is 3. The van der Waals surface area contributed by atoms with Gasteiger partial charge in [0.15, 0.2) is 11.6 Å². The quantitative estimate of drug-likeness (QED) is 0.414. The van der Waals surface area contributed by atoms with Crippen LogP contribution in [0.5, 0.6) is 0 Å². The molecule has 8 heteroatoms. The highest BCUT2D eigenvalue weighted by atomic mass is 35.5. The molecule has 0 atom stereocenters. The van der Waals surface area contributed by atoms with Gasteiger partial charge in [-0.25, -0.2) is 0 Å². The highest BCUT2D eigenvalue weighted by Gasteiger charge is 2.22. The summed E-state index contributed by atoms with van der Waals surface area (Å²) in [5, 5.41) is 12.1. The molecule has 4 aromatic rings. The van der Waals surface area contributed by atoms with Crippen LogP contribution in [-0.4, -0.2) is 26.5 Å². The maximum Gasteiger partial charge on any atom is 0.251 e. The minimum Gasteiger partial charge on any atom is -0.345 e. The van der Waals surface area contributed by atoms with Gasteiger partial charge < -0.3 is 5.32 Å². The van der Waals surface area contributed by atoms with E-state index in [9.17, 15) is 9.59 Å². The van der Waals surface area contributed by atoms with Crippen LogP contribution in [0.4, 0.5) is 0 Å². The number of halogens is 1. The van der Waals surface area contributed by atoms with Crippen LogP contribution in [0, 0.1) is 0 Å². The summed E-state index contributed by atoms with van der Waals surface area (Å²) in [5.74, 6) is 0.162. The molecular weight excluding hydrogens is 432 g/mol. The molecule has 0 aliphatic rings. The monoisotopic (exact) mass is 450 g/mol. The Balaban J connectivity index is 1.65. The highest BCUT2D eigenvalue weighted by Crippen LogP contribution is 2.31. The van der Waals surface area contributed by atoms with Crippen LogP contribution in [0.3, 0.4) is 0 Å². The maximum absolute atomic E-state index is 13.3. The van der Waals surface area contributed by atoms with E-state index in [-0.39, 0.29) is 18.2 Å². The molecule has 0 unspecified atom stereocenters. The predicted molar refractivity (Wildman–Crippen MR) is 121 cm³/mol. The summed E-state index contributed by atoms with van der Waals surface area (Å²) in [6, 6.07) is 17.8. The number of hydrogen-bond acceptors (Lipinski definition) is 5. The van der Waals surface area contributed by atoms with Gasteiger partial charge in [-0.3, -0.25) is 14.2 Å². The lowest BCUT2D eigenvalue weighted by Gasteiger charge is -2.09. The highest BCUT2D eigenvalue weighted by molar-refractivity contribution is 7.15. The minimum atomic E-state index is -0.206. The van der Waals surface area contributed by atoms with Crippen molar-refractivity contribution in [1.82, 2.24) is 20.1 Å². The molecule has 1 amide bonds. The number of hydrogen-bond donors (Lipinski definition) is 1. The van der Waals surface area contributed by atoms with Crippen LogP contribution in [0.25, 0.3) is 5.00 Å². The Hall–Kier alpha value is -3.29. The maximum atomic E-state index is 13.3. The summed E-state index contributed by atoms with van der Waals surface area (Å²) in [6.45, 7) is 2.21. The SMILES string of the molecule is CCc1cc(C(=O)c2ccccc2Cl)c(-n2cnnc2CNC(=O)c2ccccc2)s1. The summed E-state index contributed by atoms with van der Waals surface area (Å²) in [5.41, 5.74) is 1.54. The van der Waals surface area contributed by atoms with Crippen LogP contribution < -0.4 is 5.32 Å². The molecule has 2 aromatic heterocycles. The van der Waals surface area contributed by atoms with E-state index in [1.807, 2.05) is 31.2 Å². The average Bonchev–Trinajstić information content (AvgIpc) is 3.44. The zero-order valence-electron chi connectivity index (χ0n) is 16.7. The molecule has 0 aliphatic carbocycles. The van der Waals surface area contributed by atoms with Crippen molar-refractivity contribution in [2.75, 3.05) is 0 Å². The molecule has 0 radical (unpaired) electrons. The second-order valence-corrected chi connectivity index (χ2v) is 8.28. The van der Waals surface area contributed by atoms with Crippen LogP contribution in [0.2, 0.25) is 5.02 Å². The number of benzene rings is 2. The predicted octanol–water partition coefficient (Wildman–Crippen LogP) is 4.71. The first-order valence-corrected chi connectivity index (χ1v) is 10.9. The molecule has 0 bridgehead atoms. The number of thiophene rings is 1. The molecule has 31 heavy (non-hydrogen) atoms. The zero-order chi connectivity index (χ0) is 21.8. The lowest BCUT2D eigenvalue weighted by Crippen LogP contribution is -2.24. The van der Waals surface area contributed by atoms with Gasteiger partial charge in [0.2, 0.25) is 0 Å². The van der Waals surface area contributed by atoms with E-state index >= 15 is 0 Å². The van der Waals surface area contributed by atoms with Gasteiger partial charge in [-0.1, -0.05) is 48.9 Å². The molecular formula is C23H19ClN4O2S. The number of rotatable bonds is 7. The van der Waals surface area contributed by atoms with Gasteiger partial charge in [0.25, 0.3) is 5.91 Å². The second kappa shape index (κ2) is 9.24. The zero-order valence-corrected chi connectivity index (χ0v) is 18.3. The molecule has 4 rings (SSSR count). The van der Waals surface area contributed by atoms with Crippen LogP contribution in [0.1, 0.15) is 43.9 Å². The Bertz CT molecular complexity index is 1230. The Morgan fingerprint density at radius 2 is 1.81 bits per heavy atom. The fourth-order valence-electron chi connectivity index (χ4n) is 3.14. The van der Waals surface area contributed by atoms with E-state index in [4.69, 9.17) is 11.6 Å². The third kappa shape index (κ3) is 4.42. The Kier molecular flexibility index (Phi) is 6.25. The van der Waals surface area contributed by atoms with E-state index in [0.717, 1.165) is 11.3 Å². The third-order valence-corrected chi connectivity index (χ3v) is 6.36. The lowest BCUT2D eigenvalue weighted by atomic mass is 10.0. The number of carbonyl (C=O) groups is 2. The van der Waals surface area contributed by atoms with Crippen molar-refractivity contribution >= 4 is 34.6 Å². The topological polar surface area (TPSA) is 76.9 Å². The summed E-state index contributed by atoms with van der Waals surface area (Å²) in [4.78, 5) is 26.7. The number of nitrogens with zero attached hydrogens (tertiary/aromatic N) is 3. The number of aryl methyl sites for hydroxylation is 1. The van der Waals surface area contributed by atoms with Gasteiger partial charge >= 0.3 is 0 Å². The first kappa shape index (κ1) is 21.0. The number of amides is 1. The summed E-state index contributed by atoms with van der Waals surface area (Å²) in [6.07, 6.45) is 2.34. The molecule has 2 aromatic carbocycles. The van der Waals surface area contributed by atoms with Gasteiger partial charge in [0.05, 0.1) is 17.1 Å². The first-order chi connectivity index (χ1) is 15.1. The van der Waals surface area contributed by atoms with Crippen LogP contribution >= 0.6 is 22.9 Å². The van der Waals surface area contributed by atoms with Crippen LogP contribution in [0.15, 0.2) is 67.0 Å². The van der Waals surface area contributed by atoms with Crippen molar-refractivity contribution in [3.63, 3.8) is 0 Å². The Labute approximate surface area is 188 Å². The molecule has 0 fully saturated rings. The molecule has 0 aliphatic heterocycles. The molecule has 0 saturated heterocycles. The third-order valence-electron chi connectivity index (χ3n) is 4.76. The van der Waals surface area contributed by atoms with E-state index in [0.29, 0.717) is 32.5 Å². The van der Waals surface area contributed by atoms with E-state index in [1.54, 1.807) is 47.3 Å². The molecule has 156 valence electrons. The average molecular weight is 451 g/mol. The molecule has 1 N–H and O–H groups in total. The Morgan fingerprint density at radius 3 is 2.55 bits per heavy atom. The van der Waals surface area contributed by atoms with Crippen molar-refractivity contribution in [3.05, 3.63) is 99.4 Å². The number of carbonyl (C=O) groups excluding carboxylic acids is 2. The summed E-state index contributed by atoms with van der Waals surface area (Å²) < 4.78 is 1.75. The lowest BCUT2D eigenvalue weighted by molar-refractivity contribution is 0.0948. The van der Waals surface area contributed by atoms with Crippen molar-refractivity contribution in [2.45, 2.75) is 19.9 Å². The van der Waals surface area contributed by atoms with Gasteiger partial charge in [0.1, 0.15) is 11.3 Å². The summed E-state index contributed by atoms with van der Waals surface area (Å²) in [7, 11) is 0. The fraction of sp³-hybridized carbons (Fsp3) is 0.130. The smallest absolute Gasteiger partial charge is 0.251 e. The van der Waals surface area contributed by atoms with E-state index < -0.39 is 0 Å². The van der Waals surface area contributed by atoms with Crippen molar-refractivity contribution in [3.8, 4) is 5.00 Å². The van der Waals surface area contributed by atoms with Gasteiger partial charge in [0, 0.05) is 16.0 Å². The molecule has 2 heterocycles. The van der Waals surface area contributed by atoms with Crippen LogP contribution in [-0.2, 0) is 13.0 Å². The summed E-state index contributed by atoms with van der Waals surface area (Å²) >= 11 is 7.76. The fourth-order valence-corrected chi connectivity index (χ4v) is 4.44. The second-order valence-electron chi connectivity index (χ2n) is 6.76. The van der Waals surface area contributed by atoms with Crippen molar-refractivity contribution < 1.29 is 9.59 Å². The molecule has 0 spiro atoms. The largest absolute Gasteiger partial charge is 0.345 e. The number of ketones is 1. The van der Waals surface area contributed by atoms with Gasteiger partial charge in [-0.05, 0) is 36.8 Å². The van der Waals surface area contributed by atoms with Gasteiger partial charge in [-0.2, -0.15) is 0 Å². The Morgan fingerprint density at radius 1 is 1.06 bits per heavy atom. The van der Waals surface area contributed by atoms with Gasteiger partial charge in [-0.15, -0.1) is 21.5 Å². The minimum absolute atomic E-state index is 0.162. The van der Waals surface area contributed by atoms with E-state index in [1.165, 1.54) is 11.3 Å². The molecule has 0 saturated carbocycles. The van der Waals surface area contributed by atoms with E-state index in [2.05, 4.69) is 15.5 Å². The normalized spacial score (nSPS) is 10.8. The first-order valence-electron chi connectivity index (χ1n) is 9.73. The standard InChI is InChI=1S/C23H19ClN4O2S/c1-2-16-12-18(21(29)17-10-6-7-11-19(17)24)23(31-16)28-14-26-27-20(28)13-25-22(30)15-8-4-3-5-9-15/h3-12,14H,2,13H2,1H3,(H,25,30).